The highest BCUT2D eigenvalue weighted by Crippen LogP contribution is 2.53. The summed E-state index contributed by atoms with van der Waals surface area (Å²) in [5.74, 6) is 0. The summed E-state index contributed by atoms with van der Waals surface area (Å²) in [6, 6.07) is 184. The fourth-order valence-corrected chi connectivity index (χ4v) is 25.5. The van der Waals surface area contributed by atoms with Gasteiger partial charge in [-0.3, -0.25) is 0 Å². The van der Waals surface area contributed by atoms with E-state index in [1.807, 2.05) is 34.0 Å². The van der Waals surface area contributed by atoms with Crippen molar-refractivity contribution >= 4 is 221 Å². The molecule has 1 aliphatic carbocycles. The molecule has 3 aromatic heterocycles. The molecule has 0 unspecified atom stereocenters. The van der Waals surface area contributed by atoms with Crippen LogP contribution < -0.4 is 14.7 Å². The van der Waals surface area contributed by atoms with Gasteiger partial charge in [-0.25, -0.2) is 0 Å². The molecule has 0 spiro atoms. The van der Waals surface area contributed by atoms with Crippen molar-refractivity contribution in [3.8, 4) is 55.6 Å². The van der Waals surface area contributed by atoms with E-state index in [1.54, 1.807) is 0 Å². The summed E-state index contributed by atoms with van der Waals surface area (Å²) in [6.45, 7) is 4.70. The quantitative estimate of drug-likeness (QED) is 0.107. The van der Waals surface area contributed by atoms with E-state index in [0.717, 1.165) is 45.5 Å². The van der Waals surface area contributed by atoms with Gasteiger partial charge in [0.25, 0.3) is 0 Å². The van der Waals surface area contributed by atoms with Gasteiger partial charge in [0.1, 0.15) is 0 Å². The fourth-order valence-electron chi connectivity index (χ4n) is 21.7. The Kier molecular flexibility index (Phi) is 20.6. The third-order valence-corrected chi connectivity index (χ3v) is 32.1. The number of anilines is 9. The summed E-state index contributed by atoms with van der Waals surface area (Å²) in [7, 11) is 0. The molecule has 6 heteroatoms. The maximum absolute atomic E-state index is 2.40. The SMILES string of the molecule is CC1(C)c2ccccc2-c2ccc(N(c3ccccc3)c3ccc(-c4ccc5c(ccc6ccc7c8ccccc8sc7c65)c4)cc3)cc21.c1ccc(-c2ccc(N(c3ccc(-c4ccc5c(ccc6ccc7c8ccccc8sc7c65)c4)cc3)c3cccc4ccccc34)cc2)cc1.c1ccc(-c2cccc(N(c3ccccc3)c3ccc4c(ccc5ccc6c7ccccc7sc6c54)c3)c2)cc1. The lowest BCUT2D eigenvalue weighted by Crippen LogP contribution is -2.16. The maximum Gasteiger partial charge on any atom is 0.0540 e. The first-order valence-corrected chi connectivity index (χ1v) is 50.2. The molecule has 27 aromatic rings. The summed E-state index contributed by atoms with van der Waals surface area (Å²) in [5, 5.41) is 26.1. The number of para-hydroxylation sites is 2. The van der Waals surface area contributed by atoms with Gasteiger partial charge in [0.15, 0.2) is 0 Å². The number of nitrogens with zero attached hydrogens (tertiary/aromatic N) is 3. The normalized spacial score (nSPS) is 12.2. The number of thiophene rings is 3. The second kappa shape index (κ2) is 34.5. The number of hydrogen-bond acceptors (Lipinski definition) is 6. The van der Waals surface area contributed by atoms with E-state index in [0.29, 0.717) is 0 Å². The highest BCUT2D eigenvalue weighted by molar-refractivity contribution is 7.27. The van der Waals surface area contributed by atoms with Crippen molar-refractivity contribution in [2.24, 2.45) is 0 Å². The minimum atomic E-state index is -0.0572. The number of benzene rings is 24. The van der Waals surface area contributed by atoms with E-state index < -0.39 is 0 Å². The highest BCUT2D eigenvalue weighted by Gasteiger charge is 2.36. The van der Waals surface area contributed by atoms with Crippen LogP contribution in [0, 0.1) is 0 Å². The van der Waals surface area contributed by atoms with Crippen LogP contribution in [-0.2, 0) is 5.41 Å². The Labute approximate surface area is 818 Å². The van der Waals surface area contributed by atoms with Gasteiger partial charge in [-0.1, -0.05) is 384 Å². The molecule has 0 amide bonds. The van der Waals surface area contributed by atoms with E-state index in [2.05, 4.69) is 532 Å². The molecule has 3 heterocycles. The Morgan fingerprint density at radius 2 is 0.468 bits per heavy atom. The number of rotatable bonds is 13. The second-order valence-corrected chi connectivity index (χ2v) is 40.0. The van der Waals surface area contributed by atoms with Crippen LogP contribution in [0.2, 0.25) is 0 Å². The zero-order chi connectivity index (χ0) is 92.2. The second-order valence-electron chi connectivity index (χ2n) is 36.9. The van der Waals surface area contributed by atoms with Gasteiger partial charge in [0.2, 0.25) is 0 Å². The maximum atomic E-state index is 2.40. The fraction of sp³-hybridized carbons (Fsp3) is 0.0226. The lowest BCUT2D eigenvalue weighted by Gasteiger charge is -2.28. The molecule has 0 radical (unpaired) electrons. The minimum Gasteiger partial charge on any atom is -0.310 e. The van der Waals surface area contributed by atoms with Crippen molar-refractivity contribution in [2.75, 3.05) is 14.7 Å². The average Bonchev–Trinajstić information content (AvgIpc) is 1.68. The highest BCUT2D eigenvalue weighted by atomic mass is 32.1. The van der Waals surface area contributed by atoms with Crippen LogP contribution in [0.3, 0.4) is 0 Å². The molecule has 28 rings (SSSR count). The van der Waals surface area contributed by atoms with Crippen LogP contribution in [0.4, 0.5) is 51.2 Å². The molecule has 0 bridgehead atoms. The van der Waals surface area contributed by atoms with Crippen LogP contribution in [0.15, 0.2) is 504 Å². The first-order chi connectivity index (χ1) is 68.7. The zero-order valence-corrected chi connectivity index (χ0v) is 78.9. The molecule has 0 saturated carbocycles. The van der Waals surface area contributed by atoms with Crippen molar-refractivity contribution in [3.05, 3.63) is 515 Å². The molecule has 0 atom stereocenters. The molecule has 0 saturated heterocycles. The van der Waals surface area contributed by atoms with Crippen molar-refractivity contribution in [2.45, 2.75) is 19.3 Å². The molecule has 0 aliphatic heterocycles. The van der Waals surface area contributed by atoms with Gasteiger partial charge in [-0.05, 0) is 254 Å². The number of fused-ring (bicyclic) bond motifs is 25. The molecule has 0 fully saturated rings. The van der Waals surface area contributed by atoms with Crippen molar-refractivity contribution in [1.82, 2.24) is 0 Å². The predicted molar refractivity (Wildman–Crippen MR) is 604 cm³/mol. The predicted octanol–water partition coefficient (Wildman–Crippen LogP) is 39.6. The van der Waals surface area contributed by atoms with Crippen LogP contribution in [-0.4, -0.2) is 0 Å². The molecule has 1 aliphatic rings. The zero-order valence-electron chi connectivity index (χ0n) is 76.5. The average molecular weight is 1830 g/mol. The van der Waals surface area contributed by atoms with Crippen LogP contribution in [0.5, 0.6) is 0 Å². The molecule has 0 N–H and O–H groups in total. The van der Waals surface area contributed by atoms with Crippen molar-refractivity contribution < 1.29 is 0 Å². The van der Waals surface area contributed by atoms with E-state index in [1.165, 1.54) is 208 Å². The minimum absolute atomic E-state index is 0.0572. The Hall–Kier alpha value is -16.8. The molecule has 24 aromatic carbocycles. The molecule has 654 valence electrons. The van der Waals surface area contributed by atoms with Crippen molar-refractivity contribution in [1.29, 1.82) is 0 Å². The van der Waals surface area contributed by atoms with E-state index in [9.17, 15) is 0 Å². The van der Waals surface area contributed by atoms with Gasteiger partial charge >= 0.3 is 0 Å². The molecular formula is C133H89N3S3. The third-order valence-electron chi connectivity index (χ3n) is 28.5. The Bertz CT molecular complexity index is 9470. The van der Waals surface area contributed by atoms with Gasteiger partial charge < -0.3 is 14.7 Å². The lowest BCUT2D eigenvalue weighted by molar-refractivity contribution is 0.660. The largest absolute Gasteiger partial charge is 0.310 e. The summed E-state index contributed by atoms with van der Waals surface area (Å²) in [5.41, 5.74) is 25.4. The van der Waals surface area contributed by atoms with Gasteiger partial charge in [-0.15, -0.1) is 34.0 Å². The first-order valence-electron chi connectivity index (χ1n) is 47.7. The van der Waals surface area contributed by atoms with E-state index in [4.69, 9.17) is 0 Å². The summed E-state index contributed by atoms with van der Waals surface area (Å²) >= 11 is 5.71. The Morgan fingerprint density at radius 3 is 0.978 bits per heavy atom. The summed E-state index contributed by atoms with van der Waals surface area (Å²) < 4.78 is 8.14. The van der Waals surface area contributed by atoms with Crippen LogP contribution in [0.25, 0.3) is 192 Å². The monoisotopic (exact) mass is 1820 g/mol. The summed E-state index contributed by atoms with van der Waals surface area (Å²) in [4.78, 5) is 7.12. The van der Waals surface area contributed by atoms with Gasteiger partial charge in [0.05, 0.1) is 5.69 Å². The summed E-state index contributed by atoms with van der Waals surface area (Å²) in [6.07, 6.45) is 0. The van der Waals surface area contributed by atoms with Gasteiger partial charge in [0, 0.05) is 133 Å². The van der Waals surface area contributed by atoms with E-state index in [-0.39, 0.29) is 5.41 Å². The molecular weight excluding hydrogens is 1740 g/mol. The smallest absolute Gasteiger partial charge is 0.0540 e. The topological polar surface area (TPSA) is 9.72 Å². The molecule has 139 heavy (non-hydrogen) atoms. The van der Waals surface area contributed by atoms with Gasteiger partial charge in [-0.2, -0.15) is 0 Å². The lowest BCUT2D eigenvalue weighted by atomic mass is 9.82. The third kappa shape index (κ3) is 14.7. The Morgan fingerprint density at radius 1 is 0.165 bits per heavy atom. The van der Waals surface area contributed by atoms with E-state index >= 15 is 0 Å². The van der Waals surface area contributed by atoms with Crippen LogP contribution >= 0.6 is 34.0 Å². The van der Waals surface area contributed by atoms with Crippen molar-refractivity contribution in [3.63, 3.8) is 0 Å². The number of hydrogen-bond donors (Lipinski definition) is 0. The Balaban J connectivity index is 0.000000108. The molecule has 3 nitrogen and oxygen atoms in total. The van der Waals surface area contributed by atoms with Crippen LogP contribution in [0.1, 0.15) is 25.0 Å². The standard InChI is InChI=1S/C48H31NS.C47H33NS.C38H25NS/c1-2-9-32(10-3-1)33-19-25-39(26-20-33)49(45-15-8-12-35-11-4-5-13-41(35)45)40-27-21-34(22-28-40)37-24-29-42-38(31-37)18-17-36-23-30-44-43-14-6-7-16-46(43)50-48(44)47(36)42;1-47(2)42-14-8-6-12-38(42)39-27-24-36(29-43(39)47)48(34-10-4-3-5-11-34)35-22-18-30(19-23-35)32-21-25-37-33(28-32)17-16-31-20-26-41-40-13-7-9-15-44(40)49-46(41)45(31)37;1-3-10-26(11-4-1)28-12-9-15-31(24-28)39(30-13-5-2-6-14-30)32-21-23-33-29(25-32)19-18-27-20-22-35-34-16-7-8-17-36(34)40-38(35)37(27)33/h1-31H;3-29H,1-2H3;1-25H. The first kappa shape index (κ1) is 82.8.